The molecule has 1 fully saturated rings. The Bertz CT molecular complexity index is 550. The third-order valence-corrected chi connectivity index (χ3v) is 4.33. The summed E-state index contributed by atoms with van der Waals surface area (Å²) in [5, 5.41) is 0. The normalized spacial score (nSPS) is 21.2. The van der Waals surface area contributed by atoms with E-state index in [9.17, 15) is 4.39 Å². The van der Waals surface area contributed by atoms with Gasteiger partial charge in [0.1, 0.15) is 11.5 Å². The van der Waals surface area contributed by atoms with Gasteiger partial charge in [-0.05, 0) is 46.3 Å². The van der Waals surface area contributed by atoms with Crippen LogP contribution in [0, 0.1) is 0 Å². The van der Waals surface area contributed by atoms with Crippen molar-refractivity contribution in [2.24, 2.45) is 0 Å². The molecule has 0 spiro atoms. The highest BCUT2D eigenvalue weighted by molar-refractivity contribution is 6.55. The Kier molecular flexibility index (Phi) is 4.18. The molecule has 0 amide bonds. The Labute approximate surface area is 126 Å². The van der Waals surface area contributed by atoms with Gasteiger partial charge in [-0.15, -0.1) is 0 Å². The van der Waals surface area contributed by atoms with Crippen LogP contribution in [0.3, 0.4) is 0 Å². The third-order valence-electron chi connectivity index (χ3n) is 4.33. The van der Waals surface area contributed by atoms with E-state index in [0.717, 1.165) is 0 Å². The summed E-state index contributed by atoms with van der Waals surface area (Å²) in [5.41, 5.74) is -0.372. The maximum Gasteiger partial charge on any atom is 0.525 e. The summed E-state index contributed by atoms with van der Waals surface area (Å²) in [6.07, 6.45) is 0. The van der Waals surface area contributed by atoms with Gasteiger partial charge in [0.05, 0.1) is 18.3 Å². The van der Waals surface area contributed by atoms with Crippen LogP contribution in [0.5, 0.6) is 5.75 Å². The van der Waals surface area contributed by atoms with E-state index in [1.165, 1.54) is 0 Å². The van der Waals surface area contributed by atoms with Gasteiger partial charge >= 0.3 is 7.12 Å². The molecular weight excluding hydrogens is 270 g/mol. The number of hydrogen-bond acceptors (Lipinski definition) is 3. The molecule has 1 aliphatic rings. The highest BCUT2D eigenvalue weighted by Gasteiger charge is 2.53. The van der Waals surface area contributed by atoms with Gasteiger partial charge in [0.15, 0.2) is 0 Å². The lowest BCUT2D eigenvalue weighted by Gasteiger charge is -2.32. The first-order chi connectivity index (χ1) is 9.69. The fourth-order valence-corrected chi connectivity index (χ4v) is 2.21. The summed E-state index contributed by atoms with van der Waals surface area (Å²) in [6, 6.07) is 7.32. The lowest BCUT2D eigenvalue weighted by atomic mass is 9.83. The average Bonchev–Trinajstić information content (AvgIpc) is 2.65. The van der Waals surface area contributed by atoms with Crippen molar-refractivity contribution >= 4 is 12.7 Å². The van der Waals surface area contributed by atoms with Crippen molar-refractivity contribution in [1.29, 1.82) is 0 Å². The van der Waals surface area contributed by atoms with Gasteiger partial charge < -0.3 is 14.0 Å². The van der Waals surface area contributed by atoms with E-state index in [-0.39, 0.29) is 0 Å². The third kappa shape index (κ3) is 2.85. The summed E-state index contributed by atoms with van der Waals surface area (Å²) in [7, 11) is 0.582. The summed E-state index contributed by atoms with van der Waals surface area (Å²) < 4.78 is 31.5. The predicted molar refractivity (Wildman–Crippen MR) is 82.8 cm³/mol. The van der Waals surface area contributed by atoms with Gasteiger partial charge in [0, 0.05) is 5.56 Å². The molecule has 2 rings (SSSR count). The number of hydrogen-bond donors (Lipinski definition) is 0. The molecule has 0 radical (unpaired) electrons. The lowest BCUT2D eigenvalue weighted by molar-refractivity contribution is 0.00578. The SMILES string of the molecule is COc1ccccc1C(C)=C(F)B1OC(C)(C)C(C)(C)O1. The molecule has 0 N–H and O–H groups in total. The Morgan fingerprint density at radius 2 is 1.62 bits per heavy atom. The first-order valence-corrected chi connectivity index (χ1v) is 7.05. The van der Waals surface area contributed by atoms with Gasteiger partial charge in [0.2, 0.25) is 0 Å². The van der Waals surface area contributed by atoms with Crippen LogP contribution in [0.1, 0.15) is 40.2 Å². The van der Waals surface area contributed by atoms with Crippen LogP contribution in [0.15, 0.2) is 30.0 Å². The largest absolute Gasteiger partial charge is 0.525 e. The molecule has 1 aromatic rings. The van der Waals surface area contributed by atoms with Gasteiger partial charge in [0.25, 0.3) is 0 Å². The molecule has 0 aromatic heterocycles. The summed E-state index contributed by atoms with van der Waals surface area (Å²) in [4.78, 5) is 0. The average molecular weight is 292 g/mol. The molecule has 1 heterocycles. The highest BCUT2D eigenvalue weighted by atomic mass is 19.1. The number of ether oxygens (including phenoxy) is 1. The zero-order valence-electron chi connectivity index (χ0n) is 13.5. The molecule has 0 aliphatic carbocycles. The number of benzene rings is 1. The number of rotatable bonds is 3. The molecule has 21 heavy (non-hydrogen) atoms. The smallest absolute Gasteiger partial charge is 0.496 e. The Hall–Kier alpha value is -1.33. The van der Waals surface area contributed by atoms with Crippen LogP contribution in [-0.4, -0.2) is 25.4 Å². The molecular formula is C16H22BFO3. The first kappa shape index (κ1) is 16.1. The van der Waals surface area contributed by atoms with Crippen molar-refractivity contribution in [3.8, 4) is 5.75 Å². The molecule has 3 nitrogen and oxygen atoms in total. The van der Waals surface area contributed by atoms with E-state index in [4.69, 9.17) is 14.0 Å². The maximum absolute atomic E-state index is 14.8. The fourth-order valence-electron chi connectivity index (χ4n) is 2.21. The summed E-state index contributed by atoms with van der Waals surface area (Å²) >= 11 is 0. The van der Waals surface area contributed by atoms with Crippen molar-refractivity contribution in [2.75, 3.05) is 7.11 Å². The van der Waals surface area contributed by atoms with Gasteiger partial charge in [-0.25, -0.2) is 4.39 Å². The second kappa shape index (κ2) is 5.46. The topological polar surface area (TPSA) is 27.7 Å². The number of halogens is 1. The minimum absolute atomic E-state index is 0.418. The van der Waals surface area contributed by atoms with E-state index >= 15 is 0 Å². The van der Waals surface area contributed by atoms with E-state index in [1.54, 1.807) is 20.1 Å². The molecule has 1 aromatic carbocycles. The van der Waals surface area contributed by atoms with Gasteiger partial charge in [-0.1, -0.05) is 18.2 Å². The van der Waals surface area contributed by atoms with Crippen molar-refractivity contribution in [1.82, 2.24) is 0 Å². The van der Waals surface area contributed by atoms with Gasteiger partial charge in [-0.2, -0.15) is 0 Å². The molecule has 0 atom stereocenters. The Morgan fingerprint density at radius 3 is 2.14 bits per heavy atom. The second-order valence-electron chi connectivity index (χ2n) is 6.26. The van der Waals surface area contributed by atoms with E-state index < -0.39 is 24.0 Å². The predicted octanol–water partition coefficient (Wildman–Crippen LogP) is 4.03. The molecule has 5 heteroatoms. The molecule has 0 bridgehead atoms. The van der Waals surface area contributed by atoms with Crippen LogP contribution in [0.25, 0.3) is 5.57 Å². The Morgan fingerprint density at radius 1 is 1.10 bits per heavy atom. The summed E-state index contributed by atoms with van der Waals surface area (Å²) in [6.45, 7) is 9.31. The molecule has 1 saturated heterocycles. The Balaban J connectivity index is 2.36. The number of methoxy groups -OCH3 is 1. The standard InChI is InChI=1S/C16H22BFO3/c1-11(12-9-7-8-10-13(12)19-6)14(18)17-20-15(2,3)16(4,5)21-17/h7-10H,1-6H3. The fraction of sp³-hybridized carbons (Fsp3) is 0.500. The zero-order valence-corrected chi connectivity index (χ0v) is 13.5. The van der Waals surface area contributed by atoms with Crippen molar-refractivity contribution in [3.63, 3.8) is 0 Å². The van der Waals surface area contributed by atoms with Crippen LogP contribution >= 0.6 is 0 Å². The van der Waals surface area contributed by atoms with Crippen LogP contribution in [0.4, 0.5) is 4.39 Å². The number of allylic oxidation sites excluding steroid dienone is 1. The minimum atomic E-state index is -0.986. The summed E-state index contributed by atoms with van der Waals surface area (Å²) in [5.74, 6) is 0.627. The monoisotopic (exact) mass is 292 g/mol. The molecule has 114 valence electrons. The number of para-hydroxylation sites is 1. The highest BCUT2D eigenvalue weighted by Crippen LogP contribution is 2.40. The van der Waals surface area contributed by atoms with E-state index in [2.05, 4.69) is 0 Å². The molecule has 0 unspecified atom stereocenters. The second-order valence-corrected chi connectivity index (χ2v) is 6.26. The van der Waals surface area contributed by atoms with Crippen molar-refractivity contribution in [3.05, 3.63) is 35.6 Å². The lowest BCUT2D eigenvalue weighted by Crippen LogP contribution is -2.41. The van der Waals surface area contributed by atoms with E-state index in [1.807, 2.05) is 45.9 Å². The molecule has 0 saturated carbocycles. The zero-order chi connectivity index (χ0) is 15.8. The first-order valence-electron chi connectivity index (χ1n) is 7.05. The minimum Gasteiger partial charge on any atom is -0.496 e. The maximum atomic E-state index is 14.8. The van der Waals surface area contributed by atoms with Crippen LogP contribution in [-0.2, 0) is 9.31 Å². The van der Waals surface area contributed by atoms with Crippen LogP contribution < -0.4 is 4.74 Å². The van der Waals surface area contributed by atoms with Crippen molar-refractivity contribution in [2.45, 2.75) is 45.8 Å². The van der Waals surface area contributed by atoms with Crippen molar-refractivity contribution < 1.29 is 18.4 Å². The van der Waals surface area contributed by atoms with Crippen LogP contribution in [0.2, 0.25) is 0 Å². The molecule has 1 aliphatic heterocycles. The quantitative estimate of drug-likeness (QED) is 0.787. The van der Waals surface area contributed by atoms with Gasteiger partial charge in [-0.3, -0.25) is 0 Å². The van der Waals surface area contributed by atoms with E-state index in [0.29, 0.717) is 16.9 Å².